The zero-order valence-electron chi connectivity index (χ0n) is 8.77. The molecule has 0 fully saturated rings. The number of nitrogens with zero attached hydrogens (tertiary/aromatic N) is 1. The molecule has 82 valence electrons. The lowest BCUT2D eigenvalue weighted by Crippen LogP contribution is -2.08. The van der Waals surface area contributed by atoms with E-state index in [2.05, 4.69) is 5.16 Å². The average molecular weight is 228 g/mol. The molecule has 1 unspecified atom stereocenters. The summed E-state index contributed by atoms with van der Waals surface area (Å²) in [6.07, 6.45) is -0.508. The van der Waals surface area contributed by atoms with Crippen LogP contribution in [0.3, 0.4) is 0 Å². The van der Waals surface area contributed by atoms with E-state index in [0.29, 0.717) is 5.02 Å². The van der Waals surface area contributed by atoms with Crippen molar-refractivity contribution >= 4 is 17.3 Å². The van der Waals surface area contributed by atoms with E-state index in [4.69, 9.17) is 21.5 Å². The molecule has 0 aliphatic heterocycles. The molecular formula is C11H14ClNO2. The minimum atomic E-state index is -0.508. The summed E-state index contributed by atoms with van der Waals surface area (Å²) >= 11 is 5.76. The molecule has 1 atom stereocenters. The molecule has 0 amide bonds. The van der Waals surface area contributed by atoms with Crippen molar-refractivity contribution < 1.29 is 9.94 Å². The molecule has 1 aromatic rings. The van der Waals surface area contributed by atoms with Gasteiger partial charge in [-0.25, -0.2) is 0 Å². The van der Waals surface area contributed by atoms with Gasteiger partial charge in [-0.2, -0.15) is 0 Å². The van der Waals surface area contributed by atoms with Crippen molar-refractivity contribution in [3.63, 3.8) is 0 Å². The molecule has 1 rings (SSSR count). The first-order valence-electron chi connectivity index (χ1n) is 4.70. The van der Waals surface area contributed by atoms with Crippen molar-refractivity contribution in [2.24, 2.45) is 5.16 Å². The number of halogens is 1. The maximum atomic E-state index is 8.96. The highest BCUT2D eigenvalue weighted by molar-refractivity contribution is 6.30. The molecule has 1 aromatic carbocycles. The topological polar surface area (TPSA) is 41.8 Å². The van der Waals surface area contributed by atoms with Crippen LogP contribution in [0, 0.1) is 0 Å². The number of hydrogen-bond donors (Lipinski definition) is 1. The van der Waals surface area contributed by atoms with Crippen LogP contribution < -0.4 is 0 Å². The first-order valence-corrected chi connectivity index (χ1v) is 5.08. The number of benzene rings is 1. The second-order valence-corrected chi connectivity index (χ2v) is 3.76. The normalized spacial score (nSPS) is 13.7. The van der Waals surface area contributed by atoms with Crippen LogP contribution in [-0.2, 0) is 4.84 Å². The van der Waals surface area contributed by atoms with E-state index in [1.807, 2.05) is 19.1 Å². The van der Waals surface area contributed by atoms with Gasteiger partial charge in [0, 0.05) is 5.02 Å². The van der Waals surface area contributed by atoms with Crippen LogP contribution in [0.1, 0.15) is 19.4 Å². The third-order valence-electron chi connectivity index (χ3n) is 1.78. The highest BCUT2D eigenvalue weighted by atomic mass is 35.5. The summed E-state index contributed by atoms with van der Waals surface area (Å²) in [5.74, 6) is 0. The summed E-state index contributed by atoms with van der Waals surface area (Å²) in [6.45, 7) is 3.68. The van der Waals surface area contributed by atoms with Gasteiger partial charge < -0.3 is 9.94 Å². The van der Waals surface area contributed by atoms with Gasteiger partial charge in [-0.3, -0.25) is 0 Å². The zero-order valence-corrected chi connectivity index (χ0v) is 9.53. The van der Waals surface area contributed by atoms with Gasteiger partial charge in [0.1, 0.15) is 6.61 Å². The Bertz CT molecular complexity index is 333. The highest BCUT2D eigenvalue weighted by Gasteiger charge is 1.99. The third kappa shape index (κ3) is 4.32. The number of hydrogen-bond acceptors (Lipinski definition) is 3. The van der Waals surface area contributed by atoms with E-state index in [0.717, 1.165) is 11.3 Å². The molecular weight excluding hydrogens is 214 g/mol. The molecule has 0 aliphatic carbocycles. The Labute approximate surface area is 94.3 Å². The van der Waals surface area contributed by atoms with Crippen LogP contribution in [0.2, 0.25) is 5.02 Å². The van der Waals surface area contributed by atoms with Crippen LogP contribution in [0.15, 0.2) is 29.4 Å². The zero-order chi connectivity index (χ0) is 11.3. The van der Waals surface area contributed by atoms with Crippen LogP contribution in [-0.4, -0.2) is 23.5 Å². The van der Waals surface area contributed by atoms with Crippen LogP contribution in [0.25, 0.3) is 0 Å². The Morgan fingerprint density at radius 3 is 2.60 bits per heavy atom. The largest absolute Gasteiger partial charge is 0.393 e. The Morgan fingerprint density at radius 2 is 2.07 bits per heavy atom. The number of aliphatic hydroxyl groups is 1. The minimum Gasteiger partial charge on any atom is -0.393 e. The second kappa shape index (κ2) is 5.73. The summed E-state index contributed by atoms with van der Waals surface area (Å²) in [7, 11) is 0. The Kier molecular flexibility index (Phi) is 4.59. The molecule has 3 nitrogen and oxygen atoms in total. The van der Waals surface area contributed by atoms with Gasteiger partial charge in [0.2, 0.25) is 0 Å². The summed E-state index contributed by atoms with van der Waals surface area (Å²) in [5.41, 5.74) is 1.71. The van der Waals surface area contributed by atoms with Gasteiger partial charge in [0.25, 0.3) is 0 Å². The quantitative estimate of drug-likeness (QED) is 0.634. The van der Waals surface area contributed by atoms with Crippen LogP contribution in [0.4, 0.5) is 0 Å². The fraction of sp³-hybridized carbons (Fsp3) is 0.364. The van der Waals surface area contributed by atoms with Gasteiger partial charge in [-0.1, -0.05) is 28.9 Å². The maximum absolute atomic E-state index is 8.96. The lowest BCUT2D eigenvalue weighted by atomic mass is 10.1. The van der Waals surface area contributed by atoms with E-state index in [1.54, 1.807) is 19.1 Å². The van der Waals surface area contributed by atoms with Crippen LogP contribution in [0.5, 0.6) is 0 Å². The van der Waals surface area contributed by atoms with E-state index in [9.17, 15) is 0 Å². The Balaban J connectivity index is 2.59. The predicted octanol–water partition coefficient (Wildman–Crippen LogP) is 2.46. The molecule has 1 N–H and O–H groups in total. The van der Waals surface area contributed by atoms with E-state index in [1.165, 1.54) is 0 Å². The average Bonchev–Trinajstić information content (AvgIpc) is 2.18. The standard InChI is InChI=1S/C11H14ClNO2/c1-8(14)7-15-13-9(2)10-3-5-11(12)6-4-10/h3-6,8,14H,7H2,1-2H3/b13-9+. The third-order valence-corrected chi connectivity index (χ3v) is 2.03. The molecule has 4 heteroatoms. The van der Waals surface area contributed by atoms with Gasteiger partial charge >= 0.3 is 0 Å². The Hall–Kier alpha value is -1.06. The molecule has 0 spiro atoms. The maximum Gasteiger partial charge on any atom is 0.142 e. The summed E-state index contributed by atoms with van der Waals surface area (Å²) in [6, 6.07) is 7.33. The lowest BCUT2D eigenvalue weighted by molar-refractivity contribution is 0.0501. The first kappa shape index (κ1) is 12.0. The fourth-order valence-corrected chi connectivity index (χ4v) is 1.11. The van der Waals surface area contributed by atoms with Crippen molar-refractivity contribution in [2.45, 2.75) is 20.0 Å². The molecule has 15 heavy (non-hydrogen) atoms. The number of rotatable bonds is 4. The summed E-state index contributed by atoms with van der Waals surface area (Å²) in [5, 5.41) is 13.5. The summed E-state index contributed by atoms with van der Waals surface area (Å²) in [4.78, 5) is 4.95. The van der Waals surface area contributed by atoms with Gasteiger partial charge in [-0.05, 0) is 31.5 Å². The van der Waals surface area contributed by atoms with E-state index < -0.39 is 6.10 Å². The Morgan fingerprint density at radius 1 is 1.47 bits per heavy atom. The molecule has 0 saturated heterocycles. The van der Waals surface area contributed by atoms with Gasteiger partial charge in [0.15, 0.2) is 0 Å². The first-order chi connectivity index (χ1) is 7.09. The number of oxime groups is 1. The summed E-state index contributed by atoms with van der Waals surface area (Å²) < 4.78 is 0. The van der Waals surface area contributed by atoms with Crippen molar-refractivity contribution in [3.8, 4) is 0 Å². The smallest absolute Gasteiger partial charge is 0.142 e. The monoisotopic (exact) mass is 227 g/mol. The molecule has 0 aromatic heterocycles. The van der Waals surface area contributed by atoms with Gasteiger partial charge in [-0.15, -0.1) is 0 Å². The van der Waals surface area contributed by atoms with Crippen molar-refractivity contribution in [1.82, 2.24) is 0 Å². The SMILES string of the molecule is C/C(=N\OCC(C)O)c1ccc(Cl)cc1. The molecule has 0 aliphatic rings. The number of aliphatic hydroxyl groups excluding tert-OH is 1. The molecule has 0 bridgehead atoms. The van der Waals surface area contributed by atoms with Crippen molar-refractivity contribution in [1.29, 1.82) is 0 Å². The molecule has 0 saturated carbocycles. The van der Waals surface area contributed by atoms with Crippen molar-refractivity contribution in [2.75, 3.05) is 6.61 Å². The van der Waals surface area contributed by atoms with Crippen LogP contribution >= 0.6 is 11.6 Å². The van der Waals surface area contributed by atoms with E-state index >= 15 is 0 Å². The highest BCUT2D eigenvalue weighted by Crippen LogP contribution is 2.10. The fourth-order valence-electron chi connectivity index (χ4n) is 0.986. The minimum absolute atomic E-state index is 0.199. The molecule has 0 radical (unpaired) electrons. The van der Waals surface area contributed by atoms with Gasteiger partial charge in [0.05, 0.1) is 11.8 Å². The predicted molar refractivity (Wildman–Crippen MR) is 61.3 cm³/mol. The van der Waals surface area contributed by atoms with E-state index in [-0.39, 0.29) is 6.61 Å². The second-order valence-electron chi connectivity index (χ2n) is 3.33. The van der Waals surface area contributed by atoms with Crippen molar-refractivity contribution in [3.05, 3.63) is 34.9 Å². The molecule has 0 heterocycles. The lowest BCUT2D eigenvalue weighted by Gasteiger charge is -2.04.